The molecule has 1 heterocycles. The van der Waals surface area contributed by atoms with Crippen LogP contribution in [0.3, 0.4) is 0 Å². The van der Waals surface area contributed by atoms with Gasteiger partial charge in [0.2, 0.25) is 10.0 Å². The van der Waals surface area contributed by atoms with Crippen molar-refractivity contribution in [2.45, 2.75) is 32.1 Å². The van der Waals surface area contributed by atoms with E-state index in [1.165, 1.54) is 19.3 Å². The van der Waals surface area contributed by atoms with Crippen molar-refractivity contribution in [3.8, 4) is 0 Å². The molecule has 0 bridgehead atoms. The predicted octanol–water partition coefficient (Wildman–Crippen LogP) is 1.05. The lowest BCUT2D eigenvalue weighted by Crippen LogP contribution is -2.34. The highest BCUT2D eigenvalue weighted by atomic mass is 32.2. The van der Waals surface area contributed by atoms with Crippen LogP contribution in [-0.4, -0.2) is 45.2 Å². The molecule has 0 spiro atoms. The second-order valence-corrected chi connectivity index (χ2v) is 7.67. The van der Waals surface area contributed by atoms with Crippen LogP contribution in [0.4, 0.5) is 0 Å². The quantitative estimate of drug-likeness (QED) is 0.776. The van der Waals surface area contributed by atoms with Crippen molar-refractivity contribution < 1.29 is 8.42 Å². The fourth-order valence-corrected chi connectivity index (χ4v) is 4.09. The van der Waals surface area contributed by atoms with Crippen LogP contribution in [0.15, 0.2) is 0 Å². The zero-order valence-electron chi connectivity index (χ0n) is 10.7. The molecule has 1 unspecified atom stereocenters. The van der Waals surface area contributed by atoms with Gasteiger partial charge in [-0.05, 0) is 37.8 Å². The minimum absolute atomic E-state index is 0.311. The number of sulfonamides is 1. The number of nitrogens with zero attached hydrogens (tertiary/aromatic N) is 1. The van der Waals surface area contributed by atoms with Gasteiger partial charge in [0.15, 0.2) is 0 Å². The first-order valence-corrected chi connectivity index (χ1v) is 8.33. The fourth-order valence-electron chi connectivity index (χ4n) is 2.57. The van der Waals surface area contributed by atoms with Gasteiger partial charge in [-0.15, -0.1) is 0 Å². The largest absolute Gasteiger partial charge is 0.316 e. The molecule has 2 rings (SSSR count). The summed E-state index contributed by atoms with van der Waals surface area (Å²) in [6.07, 6.45) is 5.95. The minimum Gasteiger partial charge on any atom is -0.316 e. The van der Waals surface area contributed by atoms with Crippen molar-refractivity contribution >= 4 is 10.0 Å². The Labute approximate surface area is 105 Å². The van der Waals surface area contributed by atoms with Crippen LogP contribution in [0.1, 0.15) is 32.1 Å². The highest BCUT2D eigenvalue weighted by Crippen LogP contribution is 2.29. The van der Waals surface area contributed by atoms with Gasteiger partial charge in [-0.2, -0.15) is 0 Å². The molecule has 0 aromatic heterocycles. The Morgan fingerprint density at radius 3 is 2.53 bits per heavy atom. The molecular weight excluding hydrogens is 236 g/mol. The van der Waals surface area contributed by atoms with E-state index in [-0.39, 0.29) is 0 Å². The predicted molar refractivity (Wildman–Crippen MR) is 69.4 cm³/mol. The van der Waals surface area contributed by atoms with Crippen LogP contribution in [-0.2, 0) is 10.0 Å². The smallest absolute Gasteiger partial charge is 0.214 e. The molecule has 2 aliphatic rings. The highest BCUT2D eigenvalue weighted by Gasteiger charge is 2.26. The van der Waals surface area contributed by atoms with Gasteiger partial charge < -0.3 is 5.32 Å². The van der Waals surface area contributed by atoms with Crippen LogP contribution in [0.25, 0.3) is 0 Å². The summed E-state index contributed by atoms with van der Waals surface area (Å²) in [5, 5.41) is 3.22. The van der Waals surface area contributed by atoms with Gasteiger partial charge in [0.25, 0.3) is 0 Å². The average molecular weight is 260 g/mol. The third kappa shape index (κ3) is 3.66. The van der Waals surface area contributed by atoms with Crippen LogP contribution >= 0.6 is 0 Å². The number of rotatable bonds is 6. The molecular formula is C12H24N2O2S. The van der Waals surface area contributed by atoms with Crippen LogP contribution < -0.4 is 5.32 Å². The van der Waals surface area contributed by atoms with E-state index in [4.69, 9.17) is 0 Å². The van der Waals surface area contributed by atoms with E-state index in [1.54, 1.807) is 11.4 Å². The third-order valence-corrected chi connectivity index (χ3v) is 6.19. The van der Waals surface area contributed by atoms with Crippen molar-refractivity contribution in [3.63, 3.8) is 0 Å². The summed E-state index contributed by atoms with van der Waals surface area (Å²) in [4.78, 5) is 0. The first-order chi connectivity index (χ1) is 8.08. The maximum absolute atomic E-state index is 12.1. The third-order valence-electron chi connectivity index (χ3n) is 4.16. The molecule has 100 valence electrons. The molecule has 5 heteroatoms. The Bertz CT molecular complexity index is 332. The topological polar surface area (TPSA) is 49.4 Å². The lowest BCUT2D eigenvalue weighted by Gasteiger charge is -2.27. The first-order valence-electron chi connectivity index (χ1n) is 6.72. The Balaban J connectivity index is 1.76. The summed E-state index contributed by atoms with van der Waals surface area (Å²) in [7, 11) is -1.30. The number of hydrogen-bond donors (Lipinski definition) is 1. The maximum atomic E-state index is 12.1. The summed E-state index contributed by atoms with van der Waals surface area (Å²) in [5.41, 5.74) is 0. The van der Waals surface area contributed by atoms with Crippen molar-refractivity contribution in [2.75, 3.05) is 32.4 Å². The van der Waals surface area contributed by atoms with Gasteiger partial charge in [0.1, 0.15) is 0 Å². The molecule has 1 N–H and O–H groups in total. The Kier molecular flexibility index (Phi) is 4.44. The lowest BCUT2D eigenvalue weighted by molar-refractivity contribution is 0.275. The molecule has 4 nitrogen and oxygen atoms in total. The van der Waals surface area contributed by atoms with E-state index in [0.29, 0.717) is 18.2 Å². The molecule has 0 aromatic rings. The zero-order chi connectivity index (χ0) is 12.3. The first kappa shape index (κ1) is 13.3. The van der Waals surface area contributed by atoms with Crippen molar-refractivity contribution in [1.29, 1.82) is 0 Å². The summed E-state index contributed by atoms with van der Waals surface area (Å²) < 4.78 is 25.8. The summed E-state index contributed by atoms with van der Waals surface area (Å²) in [5.74, 6) is 1.41. The number of hydrogen-bond acceptors (Lipinski definition) is 3. The Hall–Kier alpha value is -0.130. The lowest BCUT2D eigenvalue weighted by atomic mass is 9.83. The van der Waals surface area contributed by atoms with Gasteiger partial charge in [0.05, 0.1) is 5.75 Å². The second-order valence-electron chi connectivity index (χ2n) is 5.54. The summed E-state index contributed by atoms with van der Waals surface area (Å²) in [6, 6.07) is 0. The normalized spacial score (nSPS) is 26.4. The van der Waals surface area contributed by atoms with Crippen LogP contribution in [0, 0.1) is 11.8 Å². The molecule has 0 radical (unpaired) electrons. The van der Waals surface area contributed by atoms with E-state index >= 15 is 0 Å². The molecule has 2 fully saturated rings. The van der Waals surface area contributed by atoms with Crippen LogP contribution in [0.2, 0.25) is 0 Å². The van der Waals surface area contributed by atoms with Crippen LogP contribution in [0.5, 0.6) is 0 Å². The van der Waals surface area contributed by atoms with Gasteiger partial charge in [-0.1, -0.05) is 19.3 Å². The minimum atomic E-state index is -3.03. The highest BCUT2D eigenvalue weighted by molar-refractivity contribution is 7.89. The second kappa shape index (κ2) is 5.67. The van der Waals surface area contributed by atoms with Crippen molar-refractivity contribution in [3.05, 3.63) is 0 Å². The SMILES string of the molecule is CN(CCC1CCC1)S(=O)(=O)CC1CCNC1. The van der Waals surface area contributed by atoms with Gasteiger partial charge in [-0.3, -0.25) is 0 Å². The molecule has 1 aliphatic heterocycles. The monoisotopic (exact) mass is 260 g/mol. The zero-order valence-corrected chi connectivity index (χ0v) is 11.5. The van der Waals surface area contributed by atoms with E-state index in [0.717, 1.165) is 31.8 Å². The molecule has 0 aromatic carbocycles. The maximum Gasteiger partial charge on any atom is 0.214 e. The molecule has 1 saturated carbocycles. The Morgan fingerprint density at radius 2 is 2.00 bits per heavy atom. The van der Waals surface area contributed by atoms with Gasteiger partial charge in [0, 0.05) is 13.6 Å². The van der Waals surface area contributed by atoms with Crippen molar-refractivity contribution in [1.82, 2.24) is 9.62 Å². The van der Waals surface area contributed by atoms with Gasteiger partial charge in [-0.25, -0.2) is 12.7 Å². The van der Waals surface area contributed by atoms with E-state index < -0.39 is 10.0 Å². The van der Waals surface area contributed by atoms with Gasteiger partial charge >= 0.3 is 0 Å². The molecule has 1 atom stereocenters. The molecule has 1 aliphatic carbocycles. The van der Waals surface area contributed by atoms with E-state index in [9.17, 15) is 8.42 Å². The van der Waals surface area contributed by atoms with E-state index in [1.807, 2.05) is 0 Å². The fraction of sp³-hybridized carbons (Fsp3) is 1.00. The standard InChI is InChI=1S/C12H24N2O2S/c1-14(8-6-11-3-2-4-11)17(15,16)10-12-5-7-13-9-12/h11-13H,2-10H2,1H3. The van der Waals surface area contributed by atoms with Crippen molar-refractivity contribution in [2.24, 2.45) is 11.8 Å². The summed E-state index contributed by atoms with van der Waals surface area (Å²) >= 11 is 0. The van der Waals surface area contributed by atoms with E-state index in [2.05, 4.69) is 5.32 Å². The summed E-state index contributed by atoms with van der Waals surface area (Å²) in [6.45, 7) is 2.52. The molecule has 17 heavy (non-hydrogen) atoms. The molecule has 1 saturated heterocycles. The number of nitrogens with one attached hydrogen (secondary N) is 1. The molecule has 0 amide bonds. The average Bonchev–Trinajstić information content (AvgIpc) is 2.67. The Morgan fingerprint density at radius 1 is 1.24 bits per heavy atom.